The highest BCUT2D eigenvalue weighted by molar-refractivity contribution is 7.99. The zero-order chi connectivity index (χ0) is 26.2. The Hall–Kier alpha value is -3.79. The lowest BCUT2D eigenvalue weighted by atomic mass is 10.0. The minimum Gasteiger partial charge on any atom is -0.368 e. The normalized spacial score (nSPS) is 17.7. The Bertz CT molecular complexity index is 1260. The van der Waals surface area contributed by atoms with Crippen molar-refractivity contribution < 1.29 is 19.2 Å². The van der Waals surface area contributed by atoms with E-state index in [1.54, 1.807) is 0 Å². The molecule has 2 heterocycles. The number of nitrogens with one attached hydrogen (secondary N) is 3. The van der Waals surface area contributed by atoms with Crippen molar-refractivity contribution in [1.29, 1.82) is 0 Å². The van der Waals surface area contributed by atoms with Crippen molar-refractivity contribution in [2.45, 2.75) is 31.3 Å². The van der Waals surface area contributed by atoms with Gasteiger partial charge in [0.05, 0.1) is 12.3 Å². The molecule has 194 valence electrons. The number of primary amides is 1. The van der Waals surface area contributed by atoms with Crippen LogP contribution in [-0.2, 0) is 32.0 Å². The van der Waals surface area contributed by atoms with Gasteiger partial charge in [-0.3, -0.25) is 19.2 Å². The van der Waals surface area contributed by atoms with Gasteiger partial charge < -0.3 is 26.3 Å². The molecule has 4 rings (SSSR count). The second-order valence-corrected chi connectivity index (χ2v) is 10.2. The molecule has 10 heteroatoms. The van der Waals surface area contributed by atoms with Crippen LogP contribution in [-0.4, -0.2) is 70.2 Å². The van der Waals surface area contributed by atoms with Crippen LogP contribution in [0.25, 0.3) is 10.9 Å². The van der Waals surface area contributed by atoms with Crippen LogP contribution in [0.15, 0.2) is 60.8 Å². The molecule has 9 nitrogen and oxygen atoms in total. The number of thioether (sulfide) groups is 1. The van der Waals surface area contributed by atoms with Gasteiger partial charge in [-0.2, -0.15) is 11.8 Å². The number of hydrogen-bond donors (Lipinski definition) is 4. The first-order chi connectivity index (χ1) is 17.9. The minimum absolute atomic E-state index is 0.217. The first kappa shape index (κ1) is 26.3. The van der Waals surface area contributed by atoms with E-state index >= 15 is 0 Å². The van der Waals surface area contributed by atoms with Crippen LogP contribution in [0.4, 0.5) is 0 Å². The first-order valence-corrected chi connectivity index (χ1v) is 13.4. The van der Waals surface area contributed by atoms with Gasteiger partial charge in [0, 0.05) is 36.5 Å². The van der Waals surface area contributed by atoms with E-state index in [9.17, 15) is 19.2 Å². The van der Waals surface area contributed by atoms with Crippen molar-refractivity contribution in [3.8, 4) is 0 Å². The summed E-state index contributed by atoms with van der Waals surface area (Å²) in [6, 6.07) is 15.3. The van der Waals surface area contributed by atoms with E-state index < -0.39 is 23.9 Å². The van der Waals surface area contributed by atoms with Crippen LogP contribution in [0.3, 0.4) is 0 Å². The predicted octanol–water partition coefficient (Wildman–Crippen LogP) is 1.37. The number of aromatic nitrogens is 1. The third kappa shape index (κ3) is 7.13. The maximum atomic E-state index is 13.6. The van der Waals surface area contributed by atoms with E-state index in [2.05, 4.69) is 15.6 Å². The van der Waals surface area contributed by atoms with Gasteiger partial charge in [-0.1, -0.05) is 48.5 Å². The van der Waals surface area contributed by atoms with Gasteiger partial charge in [-0.05, 0) is 29.4 Å². The average molecular weight is 522 g/mol. The van der Waals surface area contributed by atoms with E-state index in [4.69, 9.17) is 5.73 Å². The molecule has 37 heavy (non-hydrogen) atoms. The largest absolute Gasteiger partial charge is 0.368 e. The van der Waals surface area contributed by atoms with E-state index in [0.29, 0.717) is 18.7 Å². The molecule has 1 fully saturated rings. The summed E-state index contributed by atoms with van der Waals surface area (Å²) in [6.45, 7) is 0.127. The number of amides is 4. The van der Waals surface area contributed by atoms with Crippen molar-refractivity contribution in [2.75, 3.05) is 24.6 Å². The lowest BCUT2D eigenvalue weighted by molar-refractivity contribution is -0.139. The number of rotatable bonds is 8. The molecule has 0 saturated carbocycles. The van der Waals surface area contributed by atoms with Gasteiger partial charge in [0.15, 0.2) is 0 Å². The van der Waals surface area contributed by atoms with Gasteiger partial charge in [-0.15, -0.1) is 0 Å². The maximum Gasteiger partial charge on any atom is 0.245 e. The van der Waals surface area contributed by atoms with Crippen LogP contribution < -0.4 is 16.4 Å². The minimum atomic E-state index is -0.900. The summed E-state index contributed by atoms with van der Waals surface area (Å²) in [4.78, 5) is 55.8. The van der Waals surface area contributed by atoms with E-state index in [0.717, 1.165) is 22.0 Å². The number of carbonyl (C=O) groups is 4. The van der Waals surface area contributed by atoms with Crippen molar-refractivity contribution in [3.63, 3.8) is 0 Å². The Balaban J connectivity index is 1.49. The summed E-state index contributed by atoms with van der Waals surface area (Å²) in [7, 11) is 0. The van der Waals surface area contributed by atoms with E-state index in [-0.39, 0.29) is 37.0 Å². The average Bonchev–Trinajstić information content (AvgIpc) is 3.29. The Morgan fingerprint density at radius 1 is 1.11 bits per heavy atom. The van der Waals surface area contributed by atoms with Gasteiger partial charge in [0.25, 0.3) is 0 Å². The summed E-state index contributed by atoms with van der Waals surface area (Å²) in [5.41, 5.74) is 8.26. The number of para-hydroxylation sites is 1. The van der Waals surface area contributed by atoms with Gasteiger partial charge in [0.1, 0.15) is 12.1 Å². The molecule has 0 bridgehead atoms. The molecular weight excluding hydrogens is 490 g/mol. The van der Waals surface area contributed by atoms with Crippen molar-refractivity contribution in [2.24, 2.45) is 5.73 Å². The molecule has 3 aromatic rings. The molecule has 1 aromatic heterocycles. The summed E-state index contributed by atoms with van der Waals surface area (Å²) >= 11 is 1.49. The molecule has 5 N–H and O–H groups in total. The molecule has 0 spiro atoms. The Morgan fingerprint density at radius 3 is 2.65 bits per heavy atom. The maximum absolute atomic E-state index is 13.6. The highest BCUT2D eigenvalue weighted by Crippen LogP contribution is 2.20. The number of fused-ring (bicyclic) bond motifs is 1. The van der Waals surface area contributed by atoms with Gasteiger partial charge >= 0.3 is 0 Å². The van der Waals surface area contributed by atoms with E-state index in [1.807, 2.05) is 60.8 Å². The van der Waals surface area contributed by atoms with Crippen molar-refractivity contribution >= 4 is 46.3 Å². The number of aromatic amines is 1. The lowest BCUT2D eigenvalue weighted by Gasteiger charge is -2.29. The van der Waals surface area contributed by atoms with Crippen molar-refractivity contribution in [3.05, 3.63) is 71.9 Å². The molecule has 1 aliphatic heterocycles. The summed E-state index contributed by atoms with van der Waals surface area (Å²) < 4.78 is 0. The van der Waals surface area contributed by atoms with Crippen LogP contribution in [0.5, 0.6) is 0 Å². The second kappa shape index (κ2) is 12.4. The fraction of sp³-hybridized carbons (Fsp3) is 0.333. The van der Waals surface area contributed by atoms with Gasteiger partial charge in [-0.25, -0.2) is 0 Å². The standard InChI is InChI=1S/C27H31N5O4S/c28-26(35)22(13-18-7-2-1-3-8-18)30-24(33)16-32-11-6-12-37-17-25(34)31-23(27(32)36)14-19-15-29-21-10-5-4-9-20(19)21/h1-5,7-10,15,22-23,29H,6,11-14,16-17H2,(H2,28,35)(H,30,33)(H,31,34)/t22-,23+/m1/s1. The highest BCUT2D eigenvalue weighted by Gasteiger charge is 2.30. The lowest BCUT2D eigenvalue weighted by Crippen LogP contribution is -2.54. The fourth-order valence-corrected chi connectivity index (χ4v) is 5.20. The second-order valence-electron chi connectivity index (χ2n) is 9.06. The fourth-order valence-electron chi connectivity index (χ4n) is 4.45. The van der Waals surface area contributed by atoms with Crippen LogP contribution in [0.1, 0.15) is 17.5 Å². The van der Waals surface area contributed by atoms with Crippen LogP contribution >= 0.6 is 11.8 Å². The zero-order valence-corrected chi connectivity index (χ0v) is 21.3. The van der Waals surface area contributed by atoms with Crippen molar-refractivity contribution in [1.82, 2.24) is 20.5 Å². The topological polar surface area (TPSA) is 137 Å². The molecule has 4 amide bonds. The molecule has 1 aliphatic rings. The van der Waals surface area contributed by atoms with E-state index in [1.165, 1.54) is 16.7 Å². The number of nitrogens with two attached hydrogens (primary N) is 1. The molecule has 2 atom stereocenters. The quantitative estimate of drug-likeness (QED) is 0.355. The number of nitrogens with zero attached hydrogens (tertiary/aromatic N) is 1. The molecule has 1 saturated heterocycles. The smallest absolute Gasteiger partial charge is 0.245 e. The Labute approximate surface area is 219 Å². The third-order valence-electron chi connectivity index (χ3n) is 6.29. The zero-order valence-electron chi connectivity index (χ0n) is 20.4. The SMILES string of the molecule is NC(=O)[C@@H](Cc1ccccc1)NC(=O)CN1CCCSCC(=O)N[C@@H](Cc2c[nH]c3ccccc23)C1=O. The third-order valence-corrected chi connectivity index (χ3v) is 7.33. The summed E-state index contributed by atoms with van der Waals surface area (Å²) in [5.74, 6) is -0.715. The molecular formula is C27H31N5O4S. The van der Waals surface area contributed by atoms with Crippen LogP contribution in [0, 0.1) is 0 Å². The molecule has 2 aromatic carbocycles. The van der Waals surface area contributed by atoms with Gasteiger partial charge in [0.2, 0.25) is 23.6 Å². The number of H-pyrrole nitrogens is 1. The molecule has 0 aliphatic carbocycles. The number of benzene rings is 2. The monoisotopic (exact) mass is 521 g/mol. The summed E-state index contributed by atoms with van der Waals surface area (Å²) in [6.07, 6.45) is 3.02. The Morgan fingerprint density at radius 2 is 1.86 bits per heavy atom. The van der Waals surface area contributed by atoms with Crippen LogP contribution in [0.2, 0.25) is 0 Å². The number of hydrogen-bond acceptors (Lipinski definition) is 5. The number of carbonyl (C=O) groups excluding carboxylic acids is 4. The summed E-state index contributed by atoms with van der Waals surface area (Å²) in [5, 5.41) is 6.53. The first-order valence-electron chi connectivity index (χ1n) is 12.2. The Kier molecular flexibility index (Phi) is 8.84. The molecule has 0 radical (unpaired) electrons. The molecule has 0 unspecified atom stereocenters. The predicted molar refractivity (Wildman–Crippen MR) is 144 cm³/mol. The highest BCUT2D eigenvalue weighted by atomic mass is 32.2.